The molecule has 0 aliphatic rings. The van der Waals surface area contributed by atoms with E-state index in [0.29, 0.717) is 10.7 Å². The lowest BCUT2D eigenvalue weighted by Crippen LogP contribution is -2.18. The molecule has 2 amide bonds. The lowest BCUT2D eigenvalue weighted by Gasteiger charge is -2.08. The van der Waals surface area contributed by atoms with Crippen molar-refractivity contribution in [3.05, 3.63) is 59.1 Å². The van der Waals surface area contributed by atoms with Crippen LogP contribution in [0.1, 0.15) is 5.56 Å². The van der Waals surface area contributed by atoms with Gasteiger partial charge in [-0.05, 0) is 30.7 Å². The summed E-state index contributed by atoms with van der Waals surface area (Å²) >= 11 is 7.22. The molecule has 6 heteroatoms. The number of anilines is 2. The van der Waals surface area contributed by atoms with Crippen molar-refractivity contribution in [1.29, 1.82) is 0 Å². The average Bonchev–Trinajstić information content (AvgIpc) is 2.52. The molecule has 0 bridgehead atoms. The van der Waals surface area contributed by atoms with Gasteiger partial charge in [-0.25, -0.2) is 0 Å². The molecule has 0 aromatic heterocycles. The molecule has 2 N–H and O–H groups in total. The summed E-state index contributed by atoms with van der Waals surface area (Å²) in [5, 5.41) is 6.04. The van der Waals surface area contributed by atoms with Gasteiger partial charge in [0.2, 0.25) is 11.8 Å². The first-order valence-electron chi connectivity index (χ1n) is 7.04. The molecule has 0 aliphatic heterocycles. The van der Waals surface area contributed by atoms with E-state index < -0.39 is 0 Å². The average molecular weight is 349 g/mol. The van der Waals surface area contributed by atoms with Gasteiger partial charge in [-0.3, -0.25) is 9.59 Å². The fourth-order valence-corrected chi connectivity index (χ4v) is 2.68. The van der Waals surface area contributed by atoms with Crippen molar-refractivity contribution in [3.63, 3.8) is 0 Å². The van der Waals surface area contributed by atoms with Gasteiger partial charge >= 0.3 is 0 Å². The maximum absolute atomic E-state index is 11.9. The monoisotopic (exact) mass is 348 g/mol. The standard InChI is InChI=1S/C17H17ClN2O2S/c1-12-6-2-4-8-14(12)19-16(21)10-23-11-17(22)20-15-9-5-3-7-13(15)18/h2-9H,10-11H2,1H3,(H,19,21)(H,20,22). The zero-order chi connectivity index (χ0) is 16.7. The number of carbonyl (C=O) groups is 2. The van der Waals surface area contributed by atoms with Gasteiger partial charge in [-0.1, -0.05) is 41.9 Å². The number of hydrogen-bond acceptors (Lipinski definition) is 3. The second-order valence-corrected chi connectivity index (χ2v) is 6.28. The Hall–Kier alpha value is -1.98. The van der Waals surface area contributed by atoms with Crippen LogP contribution in [0, 0.1) is 6.92 Å². The van der Waals surface area contributed by atoms with E-state index >= 15 is 0 Å². The Kier molecular flexibility index (Phi) is 6.50. The first-order chi connectivity index (χ1) is 11.1. The molecule has 2 aromatic carbocycles. The van der Waals surface area contributed by atoms with Crippen LogP contribution in [-0.2, 0) is 9.59 Å². The molecule has 120 valence electrons. The zero-order valence-electron chi connectivity index (χ0n) is 12.6. The van der Waals surface area contributed by atoms with Gasteiger partial charge in [-0.2, -0.15) is 0 Å². The summed E-state index contributed by atoms with van der Waals surface area (Å²) in [6, 6.07) is 14.6. The molecular formula is C17H17ClN2O2S. The second kappa shape index (κ2) is 8.60. The molecule has 23 heavy (non-hydrogen) atoms. The van der Waals surface area contributed by atoms with E-state index in [2.05, 4.69) is 10.6 Å². The maximum Gasteiger partial charge on any atom is 0.234 e. The summed E-state index contributed by atoms with van der Waals surface area (Å²) in [5.41, 5.74) is 2.37. The third-order valence-electron chi connectivity index (χ3n) is 3.03. The zero-order valence-corrected chi connectivity index (χ0v) is 14.2. The molecule has 2 aromatic rings. The third kappa shape index (κ3) is 5.62. The van der Waals surface area contributed by atoms with Gasteiger partial charge in [0, 0.05) is 5.69 Å². The Bertz CT molecular complexity index is 647. The summed E-state index contributed by atoms with van der Waals surface area (Å²) in [6.07, 6.45) is 0. The number of halogens is 1. The van der Waals surface area contributed by atoms with Crippen molar-refractivity contribution in [3.8, 4) is 0 Å². The predicted octanol–water partition coefficient (Wildman–Crippen LogP) is 3.96. The molecule has 0 saturated heterocycles. The summed E-state index contributed by atoms with van der Waals surface area (Å²) in [7, 11) is 0. The highest BCUT2D eigenvalue weighted by Gasteiger charge is 2.08. The van der Waals surface area contributed by atoms with E-state index in [1.165, 1.54) is 11.8 Å². The van der Waals surface area contributed by atoms with Crippen LogP contribution >= 0.6 is 23.4 Å². The molecule has 0 spiro atoms. The van der Waals surface area contributed by atoms with Crippen molar-refractivity contribution in [1.82, 2.24) is 0 Å². The van der Waals surface area contributed by atoms with E-state index in [1.807, 2.05) is 31.2 Å². The highest BCUT2D eigenvalue weighted by molar-refractivity contribution is 8.00. The summed E-state index contributed by atoms with van der Waals surface area (Å²) in [6.45, 7) is 1.93. The summed E-state index contributed by atoms with van der Waals surface area (Å²) in [5.74, 6) is 0.0816. The van der Waals surface area contributed by atoms with Crippen LogP contribution in [-0.4, -0.2) is 23.3 Å². The number of nitrogens with one attached hydrogen (secondary N) is 2. The number of para-hydroxylation sites is 2. The lowest BCUT2D eigenvalue weighted by atomic mass is 10.2. The van der Waals surface area contributed by atoms with Crippen molar-refractivity contribution in [2.24, 2.45) is 0 Å². The fraction of sp³-hybridized carbons (Fsp3) is 0.176. The number of rotatable bonds is 6. The van der Waals surface area contributed by atoms with E-state index in [9.17, 15) is 9.59 Å². The number of thioether (sulfide) groups is 1. The van der Waals surface area contributed by atoms with Crippen molar-refractivity contribution in [2.45, 2.75) is 6.92 Å². The minimum atomic E-state index is -0.188. The molecule has 0 atom stereocenters. The Balaban J connectivity index is 1.74. The molecule has 0 unspecified atom stereocenters. The minimum Gasteiger partial charge on any atom is -0.325 e. The largest absolute Gasteiger partial charge is 0.325 e. The predicted molar refractivity (Wildman–Crippen MR) is 97.2 cm³/mol. The molecule has 4 nitrogen and oxygen atoms in total. The topological polar surface area (TPSA) is 58.2 Å². The quantitative estimate of drug-likeness (QED) is 0.830. The number of aryl methyl sites for hydroxylation is 1. The van der Waals surface area contributed by atoms with Crippen LogP contribution in [0.25, 0.3) is 0 Å². The number of amides is 2. The normalized spacial score (nSPS) is 10.2. The Morgan fingerprint density at radius 2 is 1.43 bits per heavy atom. The second-order valence-electron chi connectivity index (χ2n) is 4.88. The van der Waals surface area contributed by atoms with Crippen molar-refractivity contribution >= 4 is 46.6 Å². The lowest BCUT2D eigenvalue weighted by molar-refractivity contribution is -0.114. The Morgan fingerprint density at radius 1 is 0.913 bits per heavy atom. The van der Waals surface area contributed by atoms with E-state index in [4.69, 9.17) is 11.6 Å². The molecule has 2 rings (SSSR count). The fourth-order valence-electron chi connectivity index (χ4n) is 1.88. The van der Waals surface area contributed by atoms with Gasteiger partial charge in [0.25, 0.3) is 0 Å². The van der Waals surface area contributed by atoms with Crippen LogP contribution in [0.2, 0.25) is 5.02 Å². The highest BCUT2D eigenvalue weighted by Crippen LogP contribution is 2.20. The minimum absolute atomic E-state index is 0.130. The van der Waals surface area contributed by atoms with Crippen LogP contribution in [0.5, 0.6) is 0 Å². The highest BCUT2D eigenvalue weighted by atomic mass is 35.5. The van der Waals surface area contributed by atoms with E-state index in [-0.39, 0.29) is 23.3 Å². The number of benzene rings is 2. The van der Waals surface area contributed by atoms with Crippen LogP contribution < -0.4 is 10.6 Å². The van der Waals surface area contributed by atoms with Crippen LogP contribution in [0.15, 0.2) is 48.5 Å². The smallest absolute Gasteiger partial charge is 0.234 e. The van der Waals surface area contributed by atoms with E-state index in [0.717, 1.165) is 11.3 Å². The first kappa shape index (κ1) is 17.4. The Morgan fingerprint density at radius 3 is 2.04 bits per heavy atom. The van der Waals surface area contributed by atoms with Gasteiger partial charge in [0.1, 0.15) is 0 Å². The first-order valence-corrected chi connectivity index (χ1v) is 8.57. The van der Waals surface area contributed by atoms with Crippen LogP contribution in [0.4, 0.5) is 11.4 Å². The summed E-state index contributed by atoms with van der Waals surface area (Å²) in [4.78, 5) is 23.7. The molecule has 0 saturated carbocycles. The van der Waals surface area contributed by atoms with E-state index in [1.54, 1.807) is 24.3 Å². The summed E-state index contributed by atoms with van der Waals surface area (Å²) < 4.78 is 0. The SMILES string of the molecule is Cc1ccccc1NC(=O)CSCC(=O)Nc1ccccc1Cl. The molecule has 0 heterocycles. The van der Waals surface area contributed by atoms with Gasteiger partial charge in [0.15, 0.2) is 0 Å². The number of hydrogen-bond donors (Lipinski definition) is 2. The Labute approximate surface area is 144 Å². The molecule has 0 aliphatic carbocycles. The molecular weight excluding hydrogens is 332 g/mol. The molecule has 0 radical (unpaired) electrons. The maximum atomic E-state index is 11.9. The van der Waals surface area contributed by atoms with Crippen LogP contribution in [0.3, 0.4) is 0 Å². The van der Waals surface area contributed by atoms with Gasteiger partial charge in [0.05, 0.1) is 22.2 Å². The number of carbonyl (C=O) groups excluding carboxylic acids is 2. The van der Waals surface area contributed by atoms with Crippen molar-refractivity contribution < 1.29 is 9.59 Å². The van der Waals surface area contributed by atoms with Crippen molar-refractivity contribution in [2.75, 3.05) is 22.1 Å². The van der Waals surface area contributed by atoms with Gasteiger partial charge < -0.3 is 10.6 Å². The molecule has 0 fully saturated rings. The third-order valence-corrected chi connectivity index (χ3v) is 4.30. The van der Waals surface area contributed by atoms with Gasteiger partial charge in [-0.15, -0.1) is 11.8 Å².